The monoisotopic (exact) mass is 240 g/mol. The minimum atomic E-state index is 0.0351. The summed E-state index contributed by atoms with van der Waals surface area (Å²) in [4.78, 5) is 12.2. The van der Waals surface area contributed by atoms with Crippen LogP contribution >= 0.6 is 0 Å². The van der Waals surface area contributed by atoms with Gasteiger partial charge in [-0.15, -0.1) is 0 Å². The molecule has 0 aromatic heterocycles. The lowest BCUT2D eigenvalue weighted by atomic mass is 9.75. The fourth-order valence-electron chi connectivity index (χ4n) is 3.49. The van der Waals surface area contributed by atoms with E-state index in [9.17, 15) is 4.79 Å². The van der Waals surface area contributed by atoms with Crippen LogP contribution in [0.3, 0.4) is 0 Å². The van der Waals surface area contributed by atoms with E-state index < -0.39 is 0 Å². The highest BCUT2D eigenvalue weighted by Crippen LogP contribution is 2.45. The van der Waals surface area contributed by atoms with Crippen molar-refractivity contribution in [2.45, 2.75) is 39.5 Å². The van der Waals surface area contributed by atoms with E-state index in [4.69, 9.17) is 0 Å². The molecule has 0 aromatic carbocycles. The maximum absolute atomic E-state index is 12.2. The first-order chi connectivity index (χ1) is 8.68. The van der Waals surface area contributed by atoms with Crippen molar-refractivity contribution in [3.8, 4) is 0 Å². The second-order valence-corrected chi connectivity index (χ2v) is 5.77. The Hall–Kier alpha value is -1.37. The van der Waals surface area contributed by atoms with Gasteiger partial charge in [0.25, 0.3) is 0 Å². The zero-order valence-corrected chi connectivity index (χ0v) is 11.2. The molecule has 2 bridgehead atoms. The van der Waals surface area contributed by atoms with E-state index >= 15 is 0 Å². The third-order valence-electron chi connectivity index (χ3n) is 4.34. The highest BCUT2D eigenvalue weighted by molar-refractivity contribution is 5.99. The SMILES string of the molecule is CC(C)=C1[C@@H]2C=C[C@H]1C(=O)C=C2C1=CCCCC1. The van der Waals surface area contributed by atoms with Crippen molar-refractivity contribution in [2.24, 2.45) is 11.8 Å². The second-order valence-electron chi connectivity index (χ2n) is 5.77. The highest BCUT2D eigenvalue weighted by atomic mass is 16.1. The lowest BCUT2D eigenvalue weighted by Gasteiger charge is -2.28. The van der Waals surface area contributed by atoms with Gasteiger partial charge >= 0.3 is 0 Å². The molecule has 0 amide bonds. The summed E-state index contributed by atoms with van der Waals surface area (Å²) in [6.07, 6.45) is 13.5. The van der Waals surface area contributed by atoms with Crippen molar-refractivity contribution in [3.05, 3.63) is 46.6 Å². The first-order valence-corrected chi connectivity index (χ1v) is 6.99. The standard InChI is InChI=1S/C17H20O/c1-11(2)17-13-8-9-14(17)16(18)10-15(13)12-6-4-3-5-7-12/h6,8-10,13-14H,3-5,7H2,1-2H3/t13-,14+/m1/s1. The molecule has 0 saturated heterocycles. The van der Waals surface area contributed by atoms with E-state index in [0.717, 1.165) is 6.42 Å². The molecular weight excluding hydrogens is 220 g/mol. The molecule has 3 aliphatic rings. The summed E-state index contributed by atoms with van der Waals surface area (Å²) >= 11 is 0. The Labute approximate surface area is 109 Å². The van der Waals surface area contributed by atoms with Crippen molar-refractivity contribution in [1.82, 2.24) is 0 Å². The zero-order valence-electron chi connectivity index (χ0n) is 11.2. The molecule has 18 heavy (non-hydrogen) atoms. The van der Waals surface area contributed by atoms with E-state index in [1.165, 1.54) is 41.6 Å². The van der Waals surface area contributed by atoms with Crippen LogP contribution in [0.4, 0.5) is 0 Å². The number of allylic oxidation sites excluding steroid dienone is 8. The van der Waals surface area contributed by atoms with Crippen molar-refractivity contribution >= 4 is 5.78 Å². The van der Waals surface area contributed by atoms with Crippen molar-refractivity contribution in [2.75, 3.05) is 0 Å². The Bertz CT molecular complexity index is 510. The molecule has 0 aliphatic heterocycles. The molecule has 2 atom stereocenters. The van der Waals surface area contributed by atoms with Gasteiger partial charge in [-0.05, 0) is 62.3 Å². The largest absolute Gasteiger partial charge is 0.294 e. The summed E-state index contributed by atoms with van der Waals surface area (Å²) in [5.41, 5.74) is 5.35. The lowest BCUT2D eigenvalue weighted by molar-refractivity contribution is -0.116. The molecule has 0 aromatic rings. The number of hydrogen-bond acceptors (Lipinski definition) is 1. The van der Waals surface area contributed by atoms with Crippen LogP contribution in [-0.2, 0) is 4.79 Å². The van der Waals surface area contributed by atoms with Gasteiger partial charge in [-0.3, -0.25) is 4.79 Å². The first kappa shape index (κ1) is 11.7. The van der Waals surface area contributed by atoms with Crippen LogP contribution in [0.5, 0.6) is 0 Å². The molecule has 3 rings (SSSR count). The molecule has 1 nitrogen and oxygen atoms in total. The van der Waals surface area contributed by atoms with Crippen LogP contribution in [0.15, 0.2) is 46.6 Å². The summed E-state index contributed by atoms with van der Waals surface area (Å²) < 4.78 is 0. The topological polar surface area (TPSA) is 17.1 Å². The van der Waals surface area contributed by atoms with Gasteiger partial charge in [0.1, 0.15) is 0 Å². The van der Waals surface area contributed by atoms with Crippen molar-refractivity contribution < 1.29 is 4.79 Å². The lowest BCUT2D eigenvalue weighted by Crippen LogP contribution is -2.22. The Kier molecular flexibility index (Phi) is 2.85. The summed E-state index contributed by atoms with van der Waals surface area (Å²) in [6, 6.07) is 0. The van der Waals surface area contributed by atoms with E-state index in [1.54, 1.807) is 0 Å². The van der Waals surface area contributed by atoms with E-state index in [2.05, 4.69) is 32.1 Å². The average molecular weight is 240 g/mol. The summed E-state index contributed by atoms with van der Waals surface area (Å²) in [7, 11) is 0. The summed E-state index contributed by atoms with van der Waals surface area (Å²) in [5.74, 6) is 0.688. The Morgan fingerprint density at radius 2 is 1.94 bits per heavy atom. The molecule has 0 heterocycles. The first-order valence-electron chi connectivity index (χ1n) is 6.99. The van der Waals surface area contributed by atoms with Gasteiger partial charge in [0.05, 0.1) is 5.92 Å². The Morgan fingerprint density at radius 3 is 2.61 bits per heavy atom. The van der Waals surface area contributed by atoms with Gasteiger partial charge in [0, 0.05) is 5.92 Å². The molecule has 3 aliphatic carbocycles. The number of fused-ring (bicyclic) bond motifs is 2. The number of ketones is 1. The second kappa shape index (κ2) is 4.38. The fourth-order valence-corrected chi connectivity index (χ4v) is 3.49. The van der Waals surface area contributed by atoms with Crippen molar-refractivity contribution in [1.29, 1.82) is 0 Å². The molecule has 1 heteroatoms. The smallest absolute Gasteiger partial charge is 0.166 e. The van der Waals surface area contributed by atoms with Gasteiger partial charge in [0.15, 0.2) is 5.78 Å². The maximum atomic E-state index is 12.2. The van der Waals surface area contributed by atoms with Gasteiger partial charge in [-0.2, -0.15) is 0 Å². The van der Waals surface area contributed by atoms with Crippen molar-refractivity contribution in [3.63, 3.8) is 0 Å². The zero-order chi connectivity index (χ0) is 12.7. The van der Waals surface area contributed by atoms with E-state index in [1.807, 2.05) is 6.08 Å². The van der Waals surface area contributed by atoms with Gasteiger partial charge in [0.2, 0.25) is 0 Å². The summed E-state index contributed by atoms with van der Waals surface area (Å²) in [6.45, 7) is 4.27. The molecule has 0 saturated carbocycles. The van der Waals surface area contributed by atoms with E-state index in [0.29, 0.717) is 5.92 Å². The quantitative estimate of drug-likeness (QED) is 0.630. The van der Waals surface area contributed by atoms with E-state index in [-0.39, 0.29) is 11.7 Å². The van der Waals surface area contributed by atoms with Crippen LogP contribution in [-0.4, -0.2) is 5.78 Å². The normalized spacial score (nSPS) is 30.3. The Morgan fingerprint density at radius 1 is 1.17 bits per heavy atom. The number of carbonyl (C=O) groups excluding carboxylic acids is 1. The molecule has 0 fully saturated rings. The number of carbonyl (C=O) groups is 1. The van der Waals surface area contributed by atoms with Gasteiger partial charge in [-0.25, -0.2) is 0 Å². The minimum Gasteiger partial charge on any atom is -0.294 e. The molecule has 0 spiro atoms. The van der Waals surface area contributed by atoms with Gasteiger partial charge in [-0.1, -0.05) is 23.8 Å². The van der Waals surface area contributed by atoms with Crippen LogP contribution in [0.1, 0.15) is 39.5 Å². The van der Waals surface area contributed by atoms with Crippen LogP contribution in [0, 0.1) is 11.8 Å². The van der Waals surface area contributed by atoms with Crippen LogP contribution in [0.25, 0.3) is 0 Å². The molecule has 0 unspecified atom stereocenters. The highest BCUT2D eigenvalue weighted by Gasteiger charge is 2.37. The maximum Gasteiger partial charge on any atom is 0.166 e. The number of rotatable bonds is 1. The van der Waals surface area contributed by atoms with Gasteiger partial charge < -0.3 is 0 Å². The van der Waals surface area contributed by atoms with Crippen LogP contribution < -0.4 is 0 Å². The molecule has 94 valence electrons. The van der Waals surface area contributed by atoms with Crippen LogP contribution in [0.2, 0.25) is 0 Å². The molecule has 0 N–H and O–H groups in total. The predicted octanol–water partition coefficient (Wildman–Crippen LogP) is 4.13. The fraction of sp³-hybridized carbons (Fsp3) is 0.471. The average Bonchev–Trinajstić information content (AvgIpc) is 2.74. The third-order valence-corrected chi connectivity index (χ3v) is 4.34. The molecule has 0 radical (unpaired) electrons. The minimum absolute atomic E-state index is 0.0351. The summed E-state index contributed by atoms with van der Waals surface area (Å²) in [5, 5.41) is 0. The third kappa shape index (κ3) is 1.73. The molecular formula is C17H20O. The number of hydrogen-bond donors (Lipinski definition) is 0. The predicted molar refractivity (Wildman–Crippen MR) is 74.1 cm³/mol. The Balaban J connectivity index is 2.06.